The molecule has 1 N–H and O–H groups in total. The van der Waals surface area contributed by atoms with Gasteiger partial charge in [0, 0.05) is 12.0 Å². The number of esters is 1. The van der Waals surface area contributed by atoms with Gasteiger partial charge in [-0.25, -0.2) is 4.79 Å². The molecule has 2 aromatic rings. The predicted molar refractivity (Wildman–Crippen MR) is 105 cm³/mol. The zero-order valence-corrected chi connectivity index (χ0v) is 16.8. The minimum Gasteiger partial charge on any atom is -0.493 e. The summed E-state index contributed by atoms with van der Waals surface area (Å²) in [6.07, 6.45) is 0.671. The maximum atomic E-state index is 12.6. The number of methoxy groups -OCH3 is 4. The average molecular weight is 401 g/mol. The number of cyclic esters (lactones) is 1. The molecule has 0 saturated heterocycles. The molecule has 8 nitrogen and oxygen atoms in total. The number of carbonyl (C=O) groups excluding carboxylic acids is 2. The first-order valence-corrected chi connectivity index (χ1v) is 8.98. The molecule has 154 valence electrons. The summed E-state index contributed by atoms with van der Waals surface area (Å²) in [5, 5.41) is 2.79. The lowest BCUT2D eigenvalue weighted by atomic mass is 10.0. The van der Waals surface area contributed by atoms with Crippen LogP contribution in [-0.4, -0.2) is 40.3 Å². The van der Waals surface area contributed by atoms with Gasteiger partial charge >= 0.3 is 5.97 Å². The Kier molecular flexibility index (Phi) is 6.11. The van der Waals surface area contributed by atoms with Crippen LogP contribution in [0.2, 0.25) is 0 Å². The number of aryl methyl sites for hydroxylation is 1. The standard InChI is InChI=1S/C21H23NO7/c1-25-14-7-5-12(9-15(14)26-2)6-8-17(23)22-19-18-13(11-29-21(18)24)10-16(27-3)20(19)28-4/h5,7,9-10H,6,8,11H2,1-4H3,(H,22,23). The summed E-state index contributed by atoms with van der Waals surface area (Å²) in [6, 6.07) is 7.17. The van der Waals surface area contributed by atoms with Crippen molar-refractivity contribution in [2.75, 3.05) is 33.8 Å². The lowest BCUT2D eigenvalue weighted by Crippen LogP contribution is -2.16. The molecule has 1 heterocycles. The van der Waals surface area contributed by atoms with E-state index in [1.54, 1.807) is 26.4 Å². The Morgan fingerprint density at radius 1 is 1.00 bits per heavy atom. The summed E-state index contributed by atoms with van der Waals surface area (Å²) in [5.41, 5.74) is 2.12. The highest BCUT2D eigenvalue weighted by atomic mass is 16.5. The fourth-order valence-corrected chi connectivity index (χ4v) is 3.23. The molecule has 8 heteroatoms. The molecule has 0 radical (unpaired) electrons. The van der Waals surface area contributed by atoms with Crippen molar-refractivity contribution in [2.45, 2.75) is 19.4 Å². The van der Waals surface area contributed by atoms with Crippen LogP contribution in [0.15, 0.2) is 24.3 Å². The quantitative estimate of drug-likeness (QED) is 0.680. The van der Waals surface area contributed by atoms with E-state index in [2.05, 4.69) is 5.32 Å². The van der Waals surface area contributed by atoms with Crippen molar-refractivity contribution in [3.63, 3.8) is 0 Å². The van der Waals surface area contributed by atoms with Gasteiger partial charge in [-0.3, -0.25) is 4.79 Å². The van der Waals surface area contributed by atoms with Gasteiger partial charge < -0.3 is 29.0 Å². The maximum Gasteiger partial charge on any atom is 0.341 e. The number of benzene rings is 2. The van der Waals surface area contributed by atoms with Crippen molar-refractivity contribution in [1.29, 1.82) is 0 Å². The lowest BCUT2D eigenvalue weighted by molar-refractivity contribution is -0.116. The van der Waals surface area contributed by atoms with Crippen LogP contribution in [0.5, 0.6) is 23.0 Å². The van der Waals surface area contributed by atoms with Crippen LogP contribution in [0.25, 0.3) is 0 Å². The highest BCUT2D eigenvalue weighted by molar-refractivity contribution is 6.06. The number of carbonyl (C=O) groups is 2. The SMILES string of the molecule is COc1ccc(CCC(=O)Nc2c(OC)c(OC)cc3c2C(=O)OC3)cc1OC. The second-order valence-corrected chi connectivity index (χ2v) is 6.33. The van der Waals surface area contributed by atoms with Crippen molar-refractivity contribution in [1.82, 2.24) is 0 Å². The summed E-state index contributed by atoms with van der Waals surface area (Å²) in [7, 11) is 6.06. The van der Waals surface area contributed by atoms with Crippen LogP contribution in [-0.2, 0) is 22.6 Å². The number of hydrogen-bond acceptors (Lipinski definition) is 7. The molecule has 0 aromatic heterocycles. The summed E-state index contributed by atoms with van der Waals surface area (Å²) in [5.74, 6) is 1.14. The van der Waals surface area contributed by atoms with Crippen molar-refractivity contribution in [3.05, 3.63) is 41.0 Å². The molecule has 1 amide bonds. The monoisotopic (exact) mass is 401 g/mol. The van der Waals surface area contributed by atoms with E-state index in [-0.39, 0.29) is 30.4 Å². The number of nitrogens with one attached hydrogen (secondary N) is 1. The number of fused-ring (bicyclic) bond motifs is 1. The molecule has 0 spiro atoms. The summed E-state index contributed by atoms with van der Waals surface area (Å²) >= 11 is 0. The highest BCUT2D eigenvalue weighted by Crippen LogP contribution is 2.43. The minimum atomic E-state index is -0.504. The largest absolute Gasteiger partial charge is 0.493 e. The van der Waals surface area contributed by atoms with E-state index >= 15 is 0 Å². The van der Waals surface area contributed by atoms with Crippen molar-refractivity contribution in [2.24, 2.45) is 0 Å². The Balaban J connectivity index is 1.79. The predicted octanol–water partition coefficient (Wildman–Crippen LogP) is 2.96. The van der Waals surface area contributed by atoms with Gasteiger partial charge in [0.2, 0.25) is 5.91 Å². The molecular weight excluding hydrogens is 378 g/mol. The third-order valence-electron chi connectivity index (χ3n) is 4.67. The summed E-state index contributed by atoms with van der Waals surface area (Å²) < 4.78 is 26.3. The van der Waals surface area contributed by atoms with Gasteiger partial charge in [-0.15, -0.1) is 0 Å². The normalized spacial score (nSPS) is 12.1. The van der Waals surface area contributed by atoms with Gasteiger partial charge in [0.25, 0.3) is 0 Å². The molecule has 2 aromatic carbocycles. The molecule has 1 aliphatic rings. The highest BCUT2D eigenvalue weighted by Gasteiger charge is 2.31. The Hall–Kier alpha value is -3.42. The number of hydrogen-bond donors (Lipinski definition) is 1. The molecular formula is C21H23NO7. The van der Waals surface area contributed by atoms with Gasteiger partial charge in [-0.1, -0.05) is 6.07 Å². The minimum absolute atomic E-state index is 0.128. The Labute approximate surface area is 168 Å². The van der Waals surface area contributed by atoms with Crippen LogP contribution >= 0.6 is 0 Å². The van der Waals surface area contributed by atoms with E-state index in [0.717, 1.165) is 5.56 Å². The number of rotatable bonds is 8. The maximum absolute atomic E-state index is 12.6. The van der Waals surface area contributed by atoms with E-state index in [9.17, 15) is 9.59 Å². The smallest absolute Gasteiger partial charge is 0.341 e. The third kappa shape index (κ3) is 4.06. The van der Waals surface area contributed by atoms with E-state index in [4.69, 9.17) is 23.7 Å². The van der Waals surface area contributed by atoms with E-state index < -0.39 is 5.97 Å². The zero-order chi connectivity index (χ0) is 21.0. The molecule has 0 aliphatic carbocycles. The molecule has 1 aliphatic heterocycles. The van der Waals surface area contributed by atoms with E-state index in [0.29, 0.717) is 34.8 Å². The number of ether oxygens (including phenoxy) is 5. The Morgan fingerprint density at radius 2 is 1.72 bits per heavy atom. The molecule has 3 rings (SSSR count). The van der Waals surface area contributed by atoms with Gasteiger partial charge in [0.05, 0.1) is 34.0 Å². The van der Waals surface area contributed by atoms with Gasteiger partial charge in [0.15, 0.2) is 23.0 Å². The molecule has 0 saturated carbocycles. The number of amides is 1. The molecule has 0 atom stereocenters. The fraction of sp³-hybridized carbons (Fsp3) is 0.333. The van der Waals surface area contributed by atoms with Gasteiger partial charge in [-0.05, 0) is 30.2 Å². The average Bonchev–Trinajstić information content (AvgIpc) is 3.12. The molecule has 0 fully saturated rings. The van der Waals surface area contributed by atoms with Crippen LogP contribution in [0, 0.1) is 0 Å². The molecule has 0 bridgehead atoms. The van der Waals surface area contributed by atoms with Crippen LogP contribution in [0.4, 0.5) is 5.69 Å². The topological polar surface area (TPSA) is 92.3 Å². The second kappa shape index (κ2) is 8.72. The molecule has 0 unspecified atom stereocenters. The summed E-state index contributed by atoms with van der Waals surface area (Å²) in [4.78, 5) is 24.8. The van der Waals surface area contributed by atoms with Crippen molar-refractivity contribution in [3.8, 4) is 23.0 Å². The van der Waals surface area contributed by atoms with Crippen molar-refractivity contribution >= 4 is 17.6 Å². The first-order valence-electron chi connectivity index (χ1n) is 8.98. The first-order chi connectivity index (χ1) is 14.0. The lowest BCUT2D eigenvalue weighted by Gasteiger charge is -2.16. The van der Waals surface area contributed by atoms with E-state index in [1.165, 1.54) is 14.2 Å². The Morgan fingerprint density at radius 3 is 2.38 bits per heavy atom. The number of anilines is 1. The molecule has 29 heavy (non-hydrogen) atoms. The Bertz CT molecular complexity index is 939. The van der Waals surface area contributed by atoms with Crippen LogP contribution in [0.1, 0.15) is 27.9 Å². The second-order valence-electron chi connectivity index (χ2n) is 6.33. The van der Waals surface area contributed by atoms with Crippen molar-refractivity contribution < 1.29 is 33.3 Å². The summed E-state index contributed by atoms with van der Waals surface area (Å²) in [6.45, 7) is 0.128. The third-order valence-corrected chi connectivity index (χ3v) is 4.67. The fourth-order valence-electron chi connectivity index (χ4n) is 3.23. The van der Waals surface area contributed by atoms with Crippen LogP contribution in [0.3, 0.4) is 0 Å². The van der Waals surface area contributed by atoms with E-state index in [1.807, 2.05) is 12.1 Å². The van der Waals surface area contributed by atoms with Gasteiger partial charge in [-0.2, -0.15) is 0 Å². The zero-order valence-electron chi connectivity index (χ0n) is 16.8. The first kappa shape index (κ1) is 20.3. The van der Waals surface area contributed by atoms with Gasteiger partial charge in [0.1, 0.15) is 12.3 Å². The van der Waals surface area contributed by atoms with Crippen LogP contribution < -0.4 is 24.3 Å².